The lowest BCUT2D eigenvalue weighted by atomic mass is 10.2. The van der Waals surface area contributed by atoms with E-state index in [-0.39, 0.29) is 11.9 Å². The van der Waals surface area contributed by atoms with Gasteiger partial charge in [0.05, 0.1) is 16.1 Å². The van der Waals surface area contributed by atoms with Crippen molar-refractivity contribution in [3.05, 3.63) is 29.0 Å². The highest BCUT2D eigenvalue weighted by Crippen LogP contribution is 2.28. The molecule has 2 rings (SSSR count). The van der Waals surface area contributed by atoms with Crippen molar-refractivity contribution in [1.82, 2.24) is 14.5 Å². The van der Waals surface area contributed by atoms with Crippen LogP contribution in [0.1, 0.15) is 25.7 Å². The first-order chi connectivity index (χ1) is 10.0. The predicted octanol–water partition coefficient (Wildman–Crippen LogP) is 3.51. The number of likely N-dealkylation sites (N-methyl/N-ethyl adjacent to an activating group) is 1. The van der Waals surface area contributed by atoms with Crippen molar-refractivity contribution in [2.24, 2.45) is 0 Å². The Morgan fingerprint density at radius 2 is 2.19 bits per heavy atom. The lowest BCUT2D eigenvalue weighted by Gasteiger charge is -2.23. The minimum Gasteiger partial charge on any atom is -0.344 e. The van der Waals surface area contributed by atoms with Crippen LogP contribution in [0.2, 0.25) is 5.02 Å². The zero-order valence-corrected chi connectivity index (χ0v) is 13.9. The van der Waals surface area contributed by atoms with Gasteiger partial charge in [0.15, 0.2) is 0 Å². The monoisotopic (exact) mass is 327 g/mol. The van der Waals surface area contributed by atoms with E-state index in [9.17, 15) is 4.79 Å². The van der Waals surface area contributed by atoms with Crippen LogP contribution in [0.5, 0.6) is 0 Å². The van der Waals surface area contributed by atoms with Crippen LogP contribution in [0, 0.1) is 0 Å². The number of hydrogen-bond donors (Lipinski definition) is 0. The molecule has 1 aromatic carbocycles. The number of carbonyl (C=O) groups excluding carboxylic acids is 1. The number of rotatable bonds is 5. The Labute approximate surface area is 134 Å². The third kappa shape index (κ3) is 3.01. The van der Waals surface area contributed by atoms with Crippen LogP contribution < -0.4 is 0 Å². The number of amides is 1. The fourth-order valence-electron chi connectivity index (χ4n) is 2.42. The average molecular weight is 328 g/mol. The number of alkyl halides is 1. The molecule has 1 heterocycles. The van der Waals surface area contributed by atoms with Crippen molar-refractivity contribution in [3.63, 3.8) is 0 Å². The van der Waals surface area contributed by atoms with E-state index in [0.29, 0.717) is 23.9 Å². The first kappa shape index (κ1) is 16.1. The highest BCUT2D eigenvalue weighted by molar-refractivity contribution is 6.35. The van der Waals surface area contributed by atoms with Gasteiger partial charge in [0, 0.05) is 25.9 Å². The molecule has 1 unspecified atom stereocenters. The Balaban J connectivity index is 2.59. The number of aryl methyl sites for hydroxylation is 1. The van der Waals surface area contributed by atoms with Gasteiger partial charge in [0.2, 0.25) is 5.91 Å². The molecule has 1 amide bonds. The maximum absolute atomic E-state index is 12.5. The van der Waals surface area contributed by atoms with Crippen LogP contribution in [-0.4, -0.2) is 39.8 Å². The quantitative estimate of drug-likeness (QED) is 0.788. The number of aromatic nitrogens is 2. The second-order valence-corrected chi connectivity index (χ2v) is 5.76. The van der Waals surface area contributed by atoms with Crippen LogP contribution in [0.15, 0.2) is 18.2 Å². The zero-order valence-electron chi connectivity index (χ0n) is 12.4. The van der Waals surface area contributed by atoms with E-state index in [1.807, 2.05) is 36.6 Å². The third-order valence-electron chi connectivity index (χ3n) is 3.65. The van der Waals surface area contributed by atoms with Crippen molar-refractivity contribution in [3.8, 4) is 0 Å². The van der Waals surface area contributed by atoms with Crippen molar-refractivity contribution in [2.45, 2.75) is 26.3 Å². The molecular weight excluding hydrogens is 309 g/mol. The van der Waals surface area contributed by atoms with Gasteiger partial charge in [-0.05, 0) is 26.0 Å². The molecule has 1 atom stereocenters. The molecule has 0 radical (unpaired) electrons. The molecule has 2 aromatic rings. The molecule has 0 N–H and O–H groups in total. The van der Waals surface area contributed by atoms with Gasteiger partial charge in [0.1, 0.15) is 11.9 Å². The summed E-state index contributed by atoms with van der Waals surface area (Å²) in [6, 6.07) is 5.21. The van der Waals surface area contributed by atoms with Gasteiger partial charge >= 0.3 is 0 Å². The van der Waals surface area contributed by atoms with Gasteiger partial charge in [0.25, 0.3) is 0 Å². The largest absolute Gasteiger partial charge is 0.344 e. The van der Waals surface area contributed by atoms with Crippen LogP contribution in [0.4, 0.5) is 0 Å². The molecule has 1 aromatic heterocycles. The Morgan fingerprint density at radius 3 is 2.81 bits per heavy atom. The Morgan fingerprint density at radius 1 is 1.48 bits per heavy atom. The minimum absolute atomic E-state index is 0.0348. The van der Waals surface area contributed by atoms with Gasteiger partial charge in [-0.1, -0.05) is 17.7 Å². The molecule has 0 saturated carbocycles. The molecule has 4 nitrogen and oxygen atoms in total. The lowest BCUT2D eigenvalue weighted by Crippen LogP contribution is -2.33. The summed E-state index contributed by atoms with van der Waals surface area (Å²) in [5.41, 5.74) is 1.59. The zero-order chi connectivity index (χ0) is 15.6. The van der Waals surface area contributed by atoms with E-state index < -0.39 is 0 Å². The number of benzene rings is 1. The third-order valence-corrected chi connectivity index (χ3v) is 4.14. The molecule has 0 spiro atoms. The number of fused-ring (bicyclic) bond motifs is 1. The summed E-state index contributed by atoms with van der Waals surface area (Å²) in [7, 11) is 1.79. The van der Waals surface area contributed by atoms with Gasteiger partial charge < -0.3 is 9.47 Å². The molecule has 0 saturated heterocycles. The predicted molar refractivity (Wildman–Crippen MR) is 87.2 cm³/mol. The molecule has 0 aliphatic rings. The summed E-state index contributed by atoms with van der Waals surface area (Å²) in [5, 5.41) is 0.597. The number of hydrogen-bond acceptors (Lipinski definition) is 2. The van der Waals surface area contributed by atoms with Crippen LogP contribution in [0.3, 0.4) is 0 Å². The van der Waals surface area contributed by atoms with Crippen molar-refractivity contribution < 1.29 is 4.79 Å². The number of carbonyl (C=O) groups is 1. The molecule has 0 bridgehead atoms. The summed E-state index contributed by atoms with van der Waals surface area (Å²) < 4.78 is 1.91. The first-order valence-electron chi connectivity index (χ1n) is 6.97. The number of halogens is 2. The van der Waals surface area contributed by atoms with Crippen molar-refractivity contribution in [1.29, 1.82) is 0 Å². The van der Waals surface area contributed by atoms with Crippen molar-refractivity contribution >= 4 is 40.1 Å². The van der Waals surface area contributed by atoms with Crippen molar-refractivity contribution in [2.75, 3.05) is 19.5 Å². The number of para-hydroxylation sites is 1. The van der Waals surface area contributed by atoms with E-state index in [2.05, 4.69) is 4.98 Å². The lowest BCUT2D eigenvalue weighted by molar-refractivity contribution is -0.132. The molecule has 6 heteroatoms. The fourth-order valence-corrected chi connectivity index (χ4v) is 2.85. The minimum atomic E-state index is -0.363. The summed E-state index contributed by atoms with van der Waals surface area (Å²) in [4.78, 5) is 18.8. The average Bonchev–Trinajstić information content (AvgIpc) is 2.84. The standard InChI is InChI=1S/C15H19Cl2N3O/c1-4-19(3)15(21)10(2)20-13(8-9-16)18-12-7-5-6-11(17)14(12)20/h5-7,10H,4,8-9H2,1-3H3. The Hall–Kier alpha value is -1.26. The molecule has 114 valence electrons. The van der Waals surface area contributed by atoms with Crippen LogP contribution in [-0.2, 0) is 11.2 Å². The fraction of sp³-hybridized carbons (Fsp3) is 0.467. The van der Waals surface area contributed by atoms with Gasteiger partial charge in [-0.3, -0.25) is 4.79 Å². The van der Waals surface area contributed by atoms with E-state index in [1.165, 1.54) is 0 Å². The molecule has 0 aliphatic heterocycles. The number of nitrogens with zero attached hydrogens (tertiary/aromatic N) is 3. The first-order valence-corrected chi connectivity index (χ1v) is 7.88. The summed E-state index contributed by atoms with van der Waals surface area (Å²) >= 11 is 12.2. The second-order valence-electron chi connectivity index (χ2n) is 4.97. The SMILES string of the molecule is CCN(C)C(=O)C(C)n1c(CCCl)nc2cccc(Cl)c21. The van der Waals surface area contributed by atoms with Gasteiger partial charge in [-0.2, -0.15) is 0 Å². The maximum atomic E-state index is 12.5. The normalized spacial score (nSPS) is 12.6. The van der Waals surface area contributed by atoms with Gasteiger partial charge in [-0.25, -0.2) is 4.98 Å². The summed E-state index contributed by atoms with van der Waals surface area (Å²) in [6.45, 7) is 4.48. The maximum Gasteiger partial charge on any atom is 0.245 e. The smallest absolute Gasteiger partial charge is 0.245 e. The van der Waals surface area contributed by atoms with Gasteiger partial charge in [-0.15, -0.1) is 11.6 Å². The van der Waals surface area contributed by atoms with E-state index in [4.69, 9.17) is 23.2 Å². The summed E-state index contributed by atoms with van der Waals surface area (Å²) in [5.74, 6) is 1.27. The highest BCUT2D eigenvalue weighted by Gasteiger charge is 2.24. The number of imidazole rings is 1. The topological polar surface area (TPSA) is 38.1 Å². The van der Waals surface area contributed by atoms with E-state index in [1.54, 1.807) is 11.9 Å². The van der Waals surface area contributed by atoms with E-state index in [0.717, 1.165) is 16.9 Å². The molecule has 21 heavy (non-hydrogen) atoms. The molecule has 0 fully saturated rings. The Kier molecular flexibility index (Phi) is 5.12. The summed E-state index contributed by atoms with van der Waals surface area (Å²) in [6.07, 6.45) is 0.597. The molecule has 0 aliphatic carbocycles. The highest BCUT2D eigenvalue weighted by atomic mass is 35.5. The van der Waals surface area contributed by atoms with E-state index >= 15 is 0 Å². The van der Waals surface area contributed by atoms with Crippen LogP contribution >= 0.6 is 23.2 Å². The Bertz CT molecular complexity index is 654. The molecular formula is C15H19Cl2N3O. The second kappa shape index (κ2) is 6.67. The van der Waals surface area contributed by atoms with Crippen LogP contribution in [0.25, 0.3) is 11.0 Å².